The van der Waals surface area contributed by atoms with Gasteiger partial charge in [-0.3, -0.25) is 14.6 Å². The fraction of sp³-hybridized carbons (Fsp3) is 0.538. The third-order valence-corrected chi connectivity index (χ3v) is 2.92. The molecular formula is C13H20N4O2. The molecule has 0 aromatic heterocycles. The molecule has 6 heteroatoms. The third kappa shape index (κ3) is 2.96. The zero-order chi connectivity index (χ0) is 13.8. The van der Waals surface area contributed by atoms with Crippen molar-refractivity contribution in [2.24, 2.45) is 0 Å². The Bertz CT molecular complexity index is 450. The number of carbonyl (C=O) groups is 2. The van der Waals surface area contributed by atoms with Crippen molar-refractivity contribution in [2.45, 2.75) is 26.7 Å². The van der Waals surface area contributed by atoms with Crippen molar-refractivity contribution in [3.8, 4) is 0 Å². The van der Waals surface area contributed by atoms with Gasteiger partial charge in [0, 0.05) is 19.2 Å². The summed E-state index contributed by atoms with van der Waals surface area (Å²) in [6, 6.07) is 0. The van der Waals surface area contributed by atoms with Crippen LogP contribution < -0.4 is 16.1 Å². The standard InChI is InChI=1S/C13H20N4O2/c1-3-5-14-9-7-10(18)11(15-6-4-2)12(13(9)19)17-8-16-17/h7,14-16H,3-6,8H2,1-2H3. The highest BCUT2D eigenvalue weighted by molar-refractivity contribution is 6.22. The van der Waals surface area contributed by atoms with Gasteiger partial charge in [-0.1, -0.05) is 13.8 Å². The number of ketones is 2. The number of allylic oxidation sites excluding steroid dienone is 1. The van der Waals surface area contributed by atoms with Gasteiger partial charge in [-0.25, -0.2) is 5.43 Å². The van der Waals surface area contributed by atoms with E-state index in [1.807, 2.05) is 13.8 Å². The summed E-state index contributed by atoms with van der Waals surface area (Å²) in [6.07, 6.45) is 3.19. The quantitative estimate of drug-likeness (QED) is 0.444. The maximum absolute atomic E-state index is 12.4. The van der Waals surface area contributed by atoms with E-state index in [2.05, 4.69) is 16.1 Å². The summed E-state index contributed by atoms with van der Waals surface area (Å²) in [7, 11) is 0. The van der Waals surface area contributed by atoms with E-state index in [1.54, 1.807) is 5.01 Å². The zero-order valence-corrected chi connectivity index (χ0v) is 11.4. The van der Waals surface area contributed by atoms with Crippen LogP contribution in [-0.2, 0) is 9.59 Å². The van der Waals surface area contributed by atoms with Crippen LogP contribution in [0, 0.1) is 0 Å². The van der Waals surface area contributed by atoms with E-state index >= 15 is 0 Å². The van der Waals surface area contributed by atoms with E-state index in [1.165, 1.54) is 6.08 Å². The molecule has 0 saturated carbocycles. The van der Waals surface area contributed by atoms with Gasteiger partial charge in [0.25, 0.3) is 0 Å². The van der Waals surface area contributed by atoms with E-state index in [4.69, 9.17) is 0 Å². The first-order valence-corrected chi connectivity index (χ1v) is 6.72. The Kier molecular flexibility index (Phi) is 4.21. The molecule has 1 heterocycles. The van der Waals surface area contributed by atoms with Gasteiger partial charge in [-0.15, -0.1) is 0 Å². The van der Waals surface area contributed by atoms with Crippen LogP contribution in [0.2, 0.25) is 0 Å². The first-order chi connectivity index (χ1) is 9.19. The molecule has 1 aliphatic heterocycles. The lowest BCUT2D eigenvalue weighted by molar-refractivity contribution is -0.117. The summed E-state index contributed by atoms with van der Waals surface area (Å²) >= 11 is 0. The highest BCUT2D eigenvalue weighted by Gasteiger charge is 2.36. The Morgan fingerprint density at radius 3 is 2.42 bits per heavy atom. The van der Waals surface area contributed by atoms with Crippen molar-refractivity contribution in [1.82, 2.24) is 21.1 Å². The van der Waals surface area contributed by atoms with E-state index in [0.717, 1.165) is 12.8 Å². The van der Waals surface area contributed by atoms with Crippen molar-refractivity contribution < 1.29 is 9.59 Å². The number of hydrogen-bond acceptors (Lipinski definition) is 6. The van der Waals surface area contributed by atoms with E-state index in [9.17, 15) is 9.59 Å². The Balaban J connectivity index is 2.22. The van der Waals surface area contributed by atoms with Gasteiger partial charge in [0.1, 0.15) is 18.1 Å². The summed E-state index contributed by atoms with van der Waals surface area (Å²) in [5, 5.41) is 7.76. The van der Waals surface area contributed by atoms with Crippen LogP contribution in [0.25, 0.3) is 0 Å². The molecular weight excluding hydrogens is 244 g/mol. The minimum absolute atomic E-state index is 0.128. The van der Waals surface area contributed by atoms with E-state index < -0.39 is 0 Å². The minimum Gasteiger partial charge on any atom is -0.382 e. The monoisotopic (exact) mass is 264 g/mol. The van der Waals surface area contributed by atoms with Crippen LogP contribution in [-0.4, -0.2) is 36.3 Å². The van der Waals surface area contributed by atoms with Crippen LogP contribution in [0.1, 0.15) is 26.7 Å². The number of nitrogens with zero attached hydrogens (tertiary/aromatic N) is 1. The third-order valence-electron chi connectivity index (χ3n) is 2.92. The van der Waals surface area contributed by atoms with Crippen LogP contribution >= 0.6 is 0 Å². The van der Waals surface area contributed by atoms with E-state index in [0.29, 0.717) is 36.8 Å². The molecule has 6 nitrogen and oxygen atoms in total. The highest BCUT2D eigenvalue weighted by atomic mass is 16.1. The van der Waals surface area contributed by atoms with Crippen molar-refractivity contribution >= 4 is 11.6 Å². The van der Waals surface area contributed by atoms with Gasteiger partial charge in [-0.05, 0) is 12.8 Å². The molecule has 0 unspecified atom stereocenters. The fourth-order valence-electron chi connectivity index (χ4n) is 1.89. The van der Waals surface area contributed by atoms with Gasteiger partial charge in [0.05, 0.1) is 5.70 Å². The number of hydrazine groups is 1. The molecule has 1 saturated heterocycles. The molecule has 0 aromatic rings. The Morgan fingerprint density at radius 1 is 1.21 bits per heavy atom. The second-order valence-corrected chi connectivity index (χ2v) is 4.57. The maximum atomic E-state index is 12.4. The van der Waals surface area contributed by atoms with Crippen LogP contribution in [0.3, 0.4) is 0 Å². The summed E-state index contributed by atoms with van der Waals surface area (Å²) in [5.41, 5.74) is 4.16. The number of rotatable bonds is 7. The number of carbonyl (C=O) groups excluding carboxylic acids is 2. The Labute approximate surface area is 112 Å². The molecule has 0 atom stereocenters. The molecule has 0 bridgehead atoms. The SMILES string of the molecule is CCCNC1=CC(=O)C(NCCC)=C(N2CN2)C1=O. The largest absolute Gasteiger partial charge is 0.382 e. The van der Waals surface area contributed by atoms with Gasteiger partial charge in [-0.2, -0.15) is 0 Å². The molecule has 3 N–H and O–H groups in total. The molecule has 2 aliphatic rings. The summed E-state index contributed by atoms with van der Waals surface area (Å²) < 4.78 is 0. The van der Waals surface area contributed by atoms with Crippen LogP contribution in [0.4, 0.5) is 0 Å². The lowest BCUT2D eigenvalue weighted by Crippen LogP contribution is -2.36. The molecule has 104 valence electrons. The fourth-order valence-corrected chi connectivity index (χ4v) is 1.89. The Hall–Kier alpha value is -1.82. The summed E-state index contributed by atoms with van der Waals surface area (Å²) in [5.74, 6) is -0.271. The predicted octanol–water partition coefficient (Wildman–Crippen LogP) is 0.0106. The van der Waals surface area contributed by atoms with Gasteiger partial charge < -0.3 is 10.6 Å². The van der Waals surface area contributed by atoms with Crippen molar-refractivity contribution in [2.75, 3.05) is 19.8 Å². The average Bonchev–Trinajstić information content (AvgIpc) is 3.21. The first-order valence-electron chi connectivity index (χ1n) is 6.72. The van der Waals surface area contributed by atoms with E-state index in [-0.39, 0.29) is 11.6 Å². The van der Waals surface area contributed by atoms with Crippen LogP contribution in [0.15, 0.2) is 23.2 Å². The molecule has 0 spiro atoms. The second kappa shape index (κ2) is 5.88. The minimum atomic E-state index is -0.143. The molecule has 19 heavy (non-hydrogen) atoms. The number of nitrogens with one attached hydrogen (secondary N) is 3. The lowest BCUT2D eigenvalue weighted by Gasteiger charge is -2.20. The molecule has 1 fully saturated rings. The maximum Gasteiger partial charge on any atom is 0.228 e. The number of Topliss-reactive ketones (excluding diaryl/α,β-unsaturated/α-hetero) is 1. The molecule has 1 aliphatic carbocycles. The summed E-state index contributed by atoms with van der Waals surface area (Å²) in [4.78, 5) is 24.5. The van der Waals surface area contributed by atoms with Gasteiger partial charge in [0.2, 0.25) is 11.6 Å². The molecule has 0 radical (unpaired) electrons. The highest BCUT2D eigenvalue weighted by Crippen LogP contribution is 2.22. The van der Waals surface area contributed by atoms with Crippen molar-refractivity contribution in [1.29, 1.82) is 0 Å². The smallest absolute Gasteiger partial charge is 0.228 e. The topological polar surface area (TPSA) is 83.2 Å². The van der Waals surface area contributed by atoms with Crippen molar-refractivity contribution in [3.63, 3.8) is 0 Å². The average molecular weight is 264 g/mol. The Morgan fingerprint density at radius 2 is 1.84 bits per heavy atom. The zero-order valence-electron chi connectivity index (χ0n) is 11.4. The molecule has 0 amide bonds. The van der Waals surface area contributed by atoms with Crippen molar-refractivity contribution in [3.05, 3.63) is 23.2 Å². The number of hydrogen-bond donors (Lipinski definition) is 3. The first kappa shape index (κ1) is 13.6. The second-order valence-electron chi connectivity index (χ2n) is 4.57. The van der Waals surface area contributed by atoms with Gasteiger partial charge >= 0.3 is 0 Å². The normalized spacial score (nSPS) is 18.6. The predicted molar refractivity (Wildman–Crippen MR) is 71.6 cm³/mol. The van der Waals surface area contributed by atoms with Gasteiger partial charge in [0.15, 0.2) is 0 Å². The molecule has 0 aromatic carbocycles. The molecule has 2 rings (SSSR count). The van der Waals surface area contributed by atoms with Crippen LogP contribution in [0.5, 0.6) is 0 Å². The summed E-state index contributed by atoms with van der Waals surface area (Å²) in [6.45, 7) is 5.99. The lowest BCUT2D eigenvalue weighted by atomic mass is 10.0.